The molecule has 5 nitrogen and oxygen atoms in total. The Kier molecular flexibility index (Phi) is 5.28. The van der Waals surface area contributed by atoms with Crippen LogP contribution in [0.4, 0.5) is 5.69 Å². The molecule has 2 aromatic carbocycles. The molecule has 0 radical (unpaired) electrons. The number of nitrogens with one attached hydrogen (secondary N) is 1. The number of sulfonamides is 1. The first kappa shape index (κ1) is 17.3. The number of carbonyl (C=O) groups is 1. The zero-order chi connectivity index (χ0) is 17.0. The second-order valence-electron chi connectivity index (χ2n) is 4.81. The van der Waals surface area contributed by atoms with Crippen molar-refractivity contribution in [3.8, 4) is 0 Å². The van der Waals surface area contributed by atoms with Gasteiger partial charge < -0.3 is 4.74 Å². The molecule has 2 aromatic rings. The molecule has 1 N–H and O–H groups in total. The first-order valence-corrected chi connectivity index (χ1v) is 8.76. The van der Waals surface area contributed by atoms with E-state index in [1.165, 1.54) is 24.3 Å². The lowest BCUT2D eigenvalue weighted by Gasteiger charge is -2.11. The van der Waals surface area contributed by atoms with Crippen molar-refractivity contribution < 1.29 is 17.9 Å². The normalized spacial score (nSPS) is 11.1. The van der Waals surface area contributed by atoms with Gasteiger partial charge in [0.25, 0.3) is 10.0 Å². The maximum Gasteiger partial charge on any atom is 0.338 e. The molecule has 122 valence electrons. The van der Waals surface area contributed by atoms with Gasteiger partial charge in [-0.2, -0.15) is 0 Å². The van der Waals surface area contributed by atoms with Crippen LogP contribution in [0.1, 0.15) is 22.8 Å². The van der Waals surface area contributed by atoms with E-state index in [1.54, 1.807) is 32.0 Å². The fraction of sp³-hybridized carbons (Fsp3) is 0.188. The molecule has 2 rings (SSSR count). The predicted molar refractivity (Wildman–Crippen MR) is 89.4 cm³/mol. The lowest BCUT2D eigenvalue weighted by atomic mass is 10.2. The maximum atomic E-state index is 12.4. The van der Waals surface area contributed by atoms with Crippen LogP contribution in [0.25, 0.3) is 0 Å². The standard InChI is InChI=1S/C16H16ClNO4S/c1-3-22-16(19)12-5-8-14(9-6-12)23(20,21)18-15-10-13(17)7-4-11(15)2/h4-10,18H,3H2,1-2H3. The molecule has 0 saturated heterocycles. The van der Waals surface area contributed by atoms with E-state index in [4.69, 9.17) is 16.3 Å². The molecular weight excluding hydrogens is 338 g/mol. The van der Waals surface area contributed by atoms with Gasteiger partial charge in [0.1, 0.15) is 0 Å². The van der Waals surface area contributed by atoms with E-state index in [1.807, 2.05) is 0 Å². The van der Waals surface area contributed by atoms with Crippen molar-refractivity contribution in [2.24, 2.45) is 0 Å². The van der Waals surface area contributed by atoms with Crippen LogP contribution in [0.2, 0.25) is 5.02 Å². The van der Waals surface area contributed by atoms with Crippen LogP contribution in [0.5, 0.6) is 0 Å². The molecule has 0 aliphatic heterocycles. The van der Waals surface area contributed by atoms with E-state index in [-0.39, 0.29) is 11.5 Å². The molecule has 0 unspecified atom stereocenters. The van der Waals surface area contributed by atoms with Gasteiger partial charge in [-0.15, -0.1) is 0 Å². The lowest BCUT2D eigenvalue weighted by molar-refractivity contribution is 0.0526. The highest BCUT2D eigenvalue weighted by Gasteiger charge is 2.16. The highest BCUT2D eigenvalue weighted by Crippen LogP contribution is 2.23. The third kappa shape index (κ3) is 4.24. The molecule has 0 aromatic heterocycles. The minimum atomic E-state index is -3.77. The molecular formula is C16H16ClNO4S. The van der Waals surface area contributed by atoms with Gasteiger partial charge in [0.15, 0.2) is 0 Å². The van der Waals surface area contributed by atoms with Gasteiger partial charge in [0, 0.05) is 5.02 Å². The van der Waals surface area contributed by atoms with Crippen molar-refractivity contribution in [3.63, 3.8) is 0 Å². The first-order valence-electron chi connectivity index (χ1n) is 6.89. The van der Waals surface area contributed by atoms with Crippen LogP contribution in [0.3, 0.4) is 0 Å². The molecule has 0 bridgehead atoms. The van der Waals surface area contributed by atoms with Crippen molar-refractivity contribution in [3.05, 3.63) is 58.6 Å². The molecule has 0 heterocycles. The molecule has 0 atom stereocenters. The highest BCUT2D eigenvalue weighted by atomic mass is 35.5. The van der Waals surface area contributed by atoms with Gasteiger partial charge in [-0.25, -0.2) is 13.2 Å². The Bertz CT molecular complexity index is 816. The van der Waals surface area contributed by atoms with Gasteiger partial charge in [0.05, 0.1) is 22.8 Å². The van der Waals surface area contributed by atoms with Gasteiger partial charge >= 0.3 is 5.97 Å². The summed E-state index contributed by atoms with van der Waals surface area (Å²) < 4.78 is 32.2. The van der Waals surface area contributed by atoms with Crippen molar-refractivity contribution in [1.29, 1.82) is 0 Å². The number of aryl methyl sites for hydroxylation is 1. The summed E-state index contributed by atoms with van der Waals surface area (Å²) in [5.41, 5.74) is 1.46. The number of hydrogen-bond donors (Lipinski definition) is 1. The van der Waals surface area contributed by atoms with E-state index in [9.17, 15) is 13.2 Å². The number of anilines is 1. The van der Waals surface area contributed by atoms with E-state index < -0.39 is 16.0 Å². The average Bonchev–Trinajstić information content (AvgIpc) is 2.51. The van der Waals surface area contributed by atoms with Crippen molar-refractivity contribution in [2.75, 3.05) is 11.3 Å². The Morgan fingerprint density at radius 3 is 2.43 bits per heavy atom. The highest BCUT2D eigenvalue weighted by molar-refractivity contribution is 7.92. The van der Waals surface area contributed by atoms with Crippen LogP contribution >= 0.6 is 11.6 Å². The minimum Gasteiger partial charge on any atom is -0.462 e. The molecule has 0 fully saturated rings. The fourth-order valence-electron chi connectivity index (χ4n) is 1.89. The third-order valence-corrected chi connectivity index (χ3v) is 4.74. The van der Waals surface area contributed by atoms with Crippen molar-refractivity contribution in [1.82, 2.24) is 0 Å². The summed E-state index contributed by atoms with van der Waals surface area (Å²) in [5, 5.41) is 0.436. The smallest absolute Gasteiger partial charge is 0.338 e. The van der Waals surface area contributed by atoms with E-state index in [0.717, 1.165) is 5.56 Å². The van der Waals surface area contributed by atoms with Crippen LogP contribution in [0, 0.1) is 6.92 Å². The number of hydrogen-bond acceptors (Lipinski definition) is 4. The SMILES string of the molecule is CCOC(=O)c1ccc(S(=O)(=O)Nc2cc(Cl)ccc2C)cc1. The molecule has 0 saturated carbocycles. The van der Waals surface area contributed by atoms with Crippen LogP contribution < -0.4 is 4.72 Å². The number of halogens is 1. The maximum absolute atomic E-state index is 12.4. The second-order valence-corrected chi connectivity index (χ2v) is 6.93. The molecule has 0 aliphatic rings. The van der Waals surface area contributed by atoms with E-state index in [2.05, 4.69) is 4.72 Å². The summed E-state index contributed by atoms with van der Waals surface area (Å²) >= 11 is 5.89. The van der Waals surface area contributed by atoms with Crippen molar-refractivity contribution >= 4 is 33.3 Å². The van der Waals surface area contributed by atoms with Gasteiger partial charge in [-0.1, -0.05) is 17.7 Å². The molecule has 0 amide bonds. The average molecular weight is 354 g/mol. The predicted octanol–water partition coefficient (Wildman–Crippen LogP) is 3.63. The first-order chi connectivity index (χ1) is 10.8. The van der Waals surface area contributed by atoms with Crippen molar-refractivity contribution in [2.45, 2.75) is 18.7 Å². The Morgan fingerprint density at radius 2 is 1.83 bits per heavy atom. The molecule has 0 aliphatic carbocycles. The Balaban J connectivity index is 2.26. The molecule has 0 spiro atoms. The fourth-order valence-corrected chi connectivity index (χ4v) is 3.19. The van der Waals surface area contributed by atoms with Gasteiger partial charge in [-0.05, 0) is 55.8 Å². The summed E-state index contributed by atoms with van der Waals surface area (Å²) in [7, 11) is -3.77. The number of ether oxygens (including phenoxy) is 1. The zero-order valence-electron chi connectivity index (χ0n) is 12.7. The largest absolute Gasteiger partial charge is 0.462 e. The van der Waals surface area contributed by atoms with Crippen LogP contribution in [-0.2, 0) is 14.8 Å². The number of esters is 1. The third-order valence-electron chi connectivity index (χ3n) is 3.12. The second kappa shape index (κ2) is 7.02. The summed E-state index contributed by atoms with van der Waals surface area (Å²) in [6.45, 7) is 3.74. The van der Waals surface area contributed by atoms with Crippen LogP contribution in [-0.4, -0.2) is 21.0 Å². The summed E-state index contributed by atoms with van der Waals surface area (Å²) in [4.78, 5) is 11.6. The number of rotatable bonds is 5. The van der Waals surface area contributed by atoms with Gasteiger partial charge in [0.2, 0.25) is 0 Å². The van der Waals surface area contributed by atoms with E-state index in [0.29, 0.717) is 16.3 Å². The molecule has 7 heteroatoms. The Hall–Kier alpha value is -2.05. The molecule has 23 heavy (non-hydrogen) atoms. The quantitative estimate of drug-likeness (QED) is 0.833. The lowest BCUT2D eigenvalue weighted by Crippen LogP contribution is -2.14. The Labute approximate surface area is 140 Å². The van der Waals surface area contributed by atoms with Gasteiger partial charge in [-0.3, -0.25) is 4.72 Å². The Morgan fingerprint density at radius 1 is 1.17 bits per heavy atom. The monoisotopic (exact) mass is 353 g/mol. The summed E-state index contributed by atoms with van der Waals surface area (Å²) in [6.07, 6.45) is 0. The summed E-state index contributed by atoms with van der Waals surface area (Å²) in [6, 6.07) is 10.5. The van der Waals surface area contributed by atoms with Crippen LogP contribution in [0.15, 0.2) is 47.4 Å². The minimum absolute atomic E-state index is 0.0462. The summed E-state index contributed by atoms with van der Waals surface area (Å²) in [5.74, 6) is -0.491. The number of benzene rings is 2. The zero-order valence-corrected chi connectivity index (χ0v) is 14.2. The topological polar surface area (TPSA) is 72.5 Å². The number of carbonyl (C=O) groups excluding carboxylic acids is 1. The van der Waals surface area contributed by atoms with E-state index >= 15 is 0 Å².